The maximum Gasteiger partial charge on any atom is 0.339 e. The Morgan fingerprint density at radius 2 is 2.09 bits per heavy atom. The number of aromatic carboxylic acids is 1. The number of pyridine rings is 1. The minimum absolute atomic E-state index is 0.0760. The molecule has 0 unspecified atom stereocenters. The number of piperidine rings is 1. The zero-order chi connectivity index (χ0) is 15.9. The summed E-state index contributed by atoms with van der Waals surface area (Å²) >= 11 is 0. The van der Waals surface area contributed by atoms with Gasteiger partial charge in [-0.05, 0) is 51.2 Å². The molecule has 1 saturated carbocycles. The summed E-state index contributed by atoms with van der Waals surface area (Å²) in [5.41, 5.74) is 1.81. The van der Waals surface area contributed by atoms with Gasteiger partial charge in [0.2, 0.25) is 0 Å². The predicted molar refractivity (Wildman–Crippen MR) is 84.4 cm³/mol. The summed E-state index contributed by atoms with van der Waals surface area (Å²) in [5, 5.41) is 20.0. The molecular formula is C17H24N2O3. The Balaban J connectivity index is 1.99. The molecule has 1 aromatic heterocycles. The third kappa shape index (κ3) is 2.47. The number of carboxylic acids is 1. The molecule has 2 atom stereocenters. The van der Waals surface area contributed by atoms with Crippen LogP contribution >= 0.6 is 0 Å². The largest absolute Gasteiger partial charge is 0.478 e. The number of rotatable bonds is 2. The smallest absolute Gasteiger partial charge is 0.339 e. The van der Waals surface area contributed by atoms with Gasteiger partial charge in [0, 0.05) is 24.2 Å². The SMILES string of the molecule is Cc1cc(C)c(C(=O)O)c(N2CCC[C@]3(CCC[C@H]3O)C2)n1. The van der Waals surface area contributed by atoms with Crippen molar-refractivity contribution >= 4 is 11.8 Å². The van der Waals surface area contributed by atoms with Gasteiger partial charge in [-0.1, -0.05) is 6.42 Å². The highest BCUT2D eigenvalue weighted by Crippen LogP contribution is 2.46. The summed E-state index contributed by atoms with van der Waals surface area (Å²) in [4.78, 5) is 18.3. The molecule has 22 heavy (non-hydrogen) atoms. The average molecular weight is 304 g/mol. The zero-order valence-electron chi connectivity index (χ0n) is 13.3. The van der Waals surface area contributed by atoms with Crippen molar-refractivity contribution in [2.75, 3.05) is 18.0 Å². The molecule has 1 aliphatic heterocycles. The number of carbonyl (C=O) groups is 1. The van der Waals surface area contributed by atoms with E-state index < -0.39 is 5.97 Å². The van der Waals surface area contributed by atoms with Gasteiger partial charge in [-0.2, -0.15) is 0 Å². The predicted octanol–water partition coefficient (Wildman–Crippen LogP) is 2.53. The van der Waals surface area contributed by atoms with Gasteiger partial charge < -0.3 is 15.1 Å². The van der Waals surface area contributed by atoms with Crippen molar-refractivity contribution in [2.24, 2.45) is 5.41 Å². The third-order valence-corrected chi connectivity index (χ3v) is 5.31. The number of aromatic nitrogens is 1. The van der Waals surface area contributed by atoms with Crippen LogP contribution in [-0.4, -0.2) is 40.4 Å². The molecule has 0 aromatic carbocycles. The van der Waals surface area contributed by atoms with E-state index >= 15 is 0 Å². The van der Waals surface area contributed by atoms with Crippen LogP contribution < -0.4 is 4.90 Å². The zero-order valence-corrected chi connectivity index (χ0v) is 13.3. The average Bonchev–Trinajstić information content (AvgIpc) is 2.78. The highest BCUT2D eigenvalue weighted by Gasteiger charge is 2.45. The first-order valence-corrected chi connectivity index (χ1v) is 8.07. The highest BCUT2D eigenvalue weighted by atomic mass is 16.4. The van der Waals surface area contributed by atoms with Crippen LogP contribution in [0.2, 0.25) is 0 Å². The first kappa shape index (κ1) is 15.3. The van der Waals surface area contributed by atoms with E-state index in [-0.39, 0.29) is 11.5 Å². The van der Waals surface area contributed by atoms with Crippen LogP contribution in [0.25, 0.3) is 0 Å². The van der Waals surface area contributed by atoms with Crippen molar-refractivity contribution < 1.29 is 15.0 Å². The van der Waals surface area contributed by atoms with E-state index in [2.05, 4.69) is 9.88 Å². The van der Waals surface area contributed by atoms with Gasteiger partial charge in [-0.15, -0.1) is 0 Å². The summed E-state index contributed by atoms with van der Waals surface area (Å²) in [6, 6.07) is 1.82. The molecular weight excluding hydrogens is 280 g/mol. The number of anilines is 1. The van der Waals surface area contributed by atoms with Crippen molar-refractivity contribution in [1.29, 1.82) is 0 Å². The standard InChI is InChI=1S/C17H24N2O3/c1-11-9-12(2)18-15(14(11)16(21)22)19-8-4-7-17(10-19)6-3-5-13(17)20/h9,13,20H,3-8,10H2,1-2H3,(H,21,22)/t13-,17-/m1/s1. The highest BCUT2D eigenvalue weighted by molar-refractivity contribution is 5.95. The van der Waals surface area contributed by atoms with Crippen molar-refractivity contribution in [3.63, 3.8) is 0 Å². The second-order valence-corrected chi connectivity index (χ2v) is 6.88. The Kier molecular flexibility index (Phi) is 3.85. The molecule has 120 valence electrons. The van der Waals surface area contributed by atoms with E-state index in [1.807, 2.05) is 19.9 Å². The fourth-order valence-corrected chi connectivity index (χ4v) is 4.25. The monoisotopic (exact) mass is 304 g/mol. The Hall–Kier alpha value is -1.62. The summed E-state index contributed by atoms with van der Waals surface area (Å²) in [5.74, 6) is -0.352. The molecule has 2 N–H and O–H groups in total. The Bertz CT molecular complexity index is 602. The molecule has 1 spiro atoms. The molecule has 3 rings (SSSR count). The fourth-order valence-electron chi connectivity index (χ4n) is 4.25. The minimum Gasteiger partial charge on any atom is -0.478 e. The van der Waals surface area contributed by atoms with Crippen LogP contribution in [0.5, 0.6) is 0 Å². The Labute approximate surface area is 131 Å². The van der Waals surface area contributed by atoms with E-state index in [1.54, 1.807) is 0 Å². The van der Waals surface area contributed by atoms with E-state index in [1.165, 1.54) is 0 Å². The number of aliphatic hydroxyl groups excluding tert-OH is 1. The summed E-state index contributed by atoms with van der Waals surface area (Å²) in [6.07, 6.45) is 4.68. The first-order valence-electron chi connectivity index (χ1n) is 8.07. The van der Waals surface area contributed by atoms with E-state index in [0.29, 0.717) is 17.9 Å². The number of aliphatic hydroxyl groups is 1. The quantitative estimate of drug-likeness (QED) is 0.878. The number of nitrogens with zero attached hydrogens (tertiary/aromatic N) is 2. The van der Waals surface area contributed by atoms with E-state index in [9.17, 15) is 15.0 Å². The van der Waals surface area contributed by atoms with Crippen molar-refractivity contribution in [3.05, 3.63) is 22.9 Å². The first-order chi connectivity index (χ1) is 10.4. The van der Waals surface area contributed by atoms with Crippen LogP contribution in [0.15, 0.2) is 6.07 Å². The maximum atomic E-state index is 11.7. The van der Waals surface area contributed by atoms with Crippen molar-refractivity contribution in [3.8, 4) is 0 Å². The second-order valence-electron chi connectivity index (χ2n) is 6.88. The lowest BCUT2D eigenvalue weighted by Crippen LogP contribution is -2.48. The lowest BCUT2D eigenvalue weighted by molar-refractivity contribution is 0.0407. The molecule has 2 aliphatic rings. The number of hydrogen-bond acceptors (Lipinski definition) is 4. The van der Waals surface area contributed by atoms with Crippen LogP contribution in [0.4, 0.5) is 5.82 Å². The molecule has 1 saturated heterocycles. The van der Waals surface area contributed by atoms with Crippen molar-refractivity contribution in [1.82, 2.24) is 4.98 Å². The van der Waals surface area contributed by atoms with Gasteiger partial charge in [0.25, 0.3) is 0 Å². The maximum absolute atomic E-state index is 11.7. The summed E-state index contributed by atoms with van der Waals surface area (Å²) in [6.45, 7) is 5.24. The molecule has 2 heterocycles. The fraction of sp³-hybridized carbons (Fsp3) is 0.647. The summed E-state index contributed by atoms with van der Waals surface area (Å²) < 4.78 is 0. The molecule has 0 bridgehead atoms. The molecule has 2 fully saturated rings. The van der Waals surface area contributed by atoms with Gasteiger partial charge in [-0.25, -0.2) is 9.78 Å². The van der Waals surface area contributed by atoms with Crippen LogP contribution in [-0.2, 0) is 0 Å². The summed E-state index contributed by atoms with van der Waals surface area (Å²) in [7, 11) is 0. The second kappa shape index (κ2) is 5.54. The molecule has 1 aliphatic carbocycles. The number of hydrogen-bond donors (Lipinski definition) is 2. The van der Waals surface area contributed by atoms with Crippen LogP contribution in [0.1, 0.15) is 53.7 Å². The molecule has 5 heteroatoms. The molecule has 5 nitrogen and oxygen atoms in total. The van der Waals surface area contributed by atoms with Gasteiger partial charge in [0.1, 0.15) is 11.4 Å². The Morgan fingerprint density at radius 1 is 1.36 bits per heavy atom. The van der Waals surface area contributed by atoms with Gasteiger partial charge >= 0.3 is 5.97 Å². The Morgan fingerprint density at radius 3 is 2.73 bits per heavy atom. The molecule has 1 aromatic rings. The molecule has 0 radical (unpaired) electrons. The number of carboxylic acid groups (broad SMARTS) is 1. The van der Waals surface area contributed by atoms with Crippen LogP contribution in [0, 0.1) is 19.3 Å². The van der Waals surface area contributed by atoms with Crippen LogP contribution in [0.3, 0.4) is 0 Å². The van der Waals surface area contributed by atoms with Gasteiger partial charge in [0.05, 0.1) is 6.10 Å². The van der Waals surface area contributed by atoms with E-state index in [4.69, 9.17) is 0 Å². The normalized spacial score (nSPS) is 28.3. The lowest BCUT2D eigenvalue weighted by atomic mass is 9.76. The van der Waals surface area contributed by atoms with E-state index in [0.717, 1.165) is 49.9 Å². The lowest BCUT2D eigenvalue weighted by Gasteiger charge is -2.43. The van der Waals surface area contributed by atoms with Gasteiger partial charge in [-0.3, -0.25) is 0 Å². The third-order valence-electron chi connectivity index (χ3n) is 5.31. The minimum atomic E-state index is -0.924. The van der Waals surface area contributed by atoms with Gasteiger partial charge in [0.15, 0.2) is 0 Å². The topological polar surface area (TPSA) is 73.7 Å². The molecule has 0 amide bonds. The number of aryl methyl sites for hydroxylation is 2. The van der Waals surface area contributed by atoms with Crippen molar-refractivity contribution in [2.45, 2.75) is 52.1 Å².